The van der Waals surface area contributed by atoms with Crippen LogP contribution in [-0.4, -0.2) is 34.0 Å². The normalized spacial score (nSPS) is 16.8. The average molecular weight is 412 g/mol. The van der Waals surface area contributed by atoms with Gasteiger partial charge in [-0.1, -0.05) is 35.5 Å². The second-order valence-electron chi connectivity index (χ2n) is 5.98. The molecule has 0 spiro atoms. The molecular weight excluding hydrogens is 396 g/mol. The second-order valence-corrected chi connectivity index (χ2v) is 7.39. The molecule has 1 fully saturated rings. The molecule has 0 bridgehead atoms. The number of thioether (sulfide) groups is 1. The molecule has 5 nitrogen and oxygen atoms in total. The number of likely N-dealkylation sites (tertiary alicyclic amines) is 1. The molecule has 9 heteroatoms. The maximum atomic E-state index is 12.8. The number of nitrogens with one attached hydrogen (secondary N) is 1. The van der Waals surface area contributed by atoms with E-state index in [1.54, 1.807) is 29.3 Å². The van der Waals surface area contributed by atoms with Crippen molar-refractivity contribution in [3.63, 3.8) is 0 Å². The van der Waals surface area contributed by atoms with Crippen molar-refractivity contribution in [3.05, 3.63) is 53.3 Å². The molecule has 27 heavy (non-hydrogen) atoms. The lowest BCUT2D eigenvalue weighted by atomic mass is 10.1. The summed E-state index contributed by atoms with van der Waals surface area (Å²) in [5.41, 5.74) is 0.950. The molecule has 1 aliphatic heterocycles. The fourth-order valence-electron chi connectivity index (χ4n) is 2.84. The summed E-state index contributed by atoms with van der Waals surface area (Å²) in [5, 5.41) is 2.77. The third-order valence-corrected chi connectivity index (χ3v) is 5.38. The first-order valence-electron chi connectivity index (χ1n) is 8.16. The highest BCUT2D eigenvalue weighted by Crippen LogP contribution is 2.38. The van der Waals surface area contributed by atoms with Gasteiger partial charge in [-0.15, -0.1) is 0 Å². The van der Waals surface area contributed by atoms with Crippen LogP contribution in [0.25, 0.3) is 0 Å². The molecular formula is C18H16ClF2N3O2S. The number of carbonyl (C=O) groups is 2. The molecule has 1 saturated heterocycles. The number of carbonyl (C=O) groups excluding carboxylic acids is 2. The third kappa shape index (κ3) is 4.95. The molecule has 2 aromatic rings. The van der Waals surface area contributed by atoms with E-state index in [9.17, 15) is 18.4 Å². The first kappa shape index (κ1) is 19.6. The van der Waals surface area contributed by atoms with E-state index in [0.29, 0.717) is 6.54 Å². The summed E-state index contributed by atoms with van der Waals surface area (Å²) in [6.45, 7) is 0.576. The van der Waals surface area contributed by atoms with Crippen molar-refractivity contribution in [2.75, 3.05) is 11.9 Å². The van der Waals surface area contributed by atoms with E-state index in [1.165, 1.54) is 12.1 Å². The number of aromatic nitrogens is 1. The Morgan fingerprint density at radius 3 is 2.85 bits per heavy atom. The van der Waals surface area contributed by atoms with Gasteiger partial charge in [0.1, 0.15) is 0 Å². The molecule has 1 atom stereocenters. The van der Waals surface area contributed by atoms with Gasteiger partial charge in [-0.25, -0.2) is 0 Å². The number of hydrogen-bond donors (Lipinski definition) is 1. The maximum absolute atomic E-state index is 12.8. The van der Waals surface area contributed by atoms with Gasteiger partial charge in [-0.3, -0.25) is 14.6 Å². The van der Waals surface area contributed by atoms with Crippen LogP contribution >= 0.6 is 23.4 Å². The lowest BCUT2D eigenvalue weighted by molar-refractivity contribution is -0.128. The van der Waals surface area contributed by atoms with Crippen LogP contribution in [0.2, 0.25) is 5.02 Å². The van der Waals surface area contributed by atoms with Crippen molar-refractivity contribution < 1.29 is 18.4 Å². The van der Waals surface area contributed by atoms with Crippen molar-refractivity contribution in [1.82, 2.24) is 9.88 Å². The van der Waals surface area contributed by atoms with Gasteiger partial charge in [0.25, 0.3) is 5.76 Å². The van der Waals surface area contributed by atoms with Crippen molar-refractivity contribution >= 4 is 40.9 Å². The van der Waals surface area contributed by atoms with Gasteiger partial charge in [0.15, 0.2) is 0 Å². The van der Waals surface area contributed by atoms with E-state index in [1.807, 2.05) is 6.07 Å². The summed E-state index contributed by atoms with van der Waals surface area (Å²) in [4.78, 5) is 30.6. The van der Waals surface area contributed by atoms with Crippen LogP contribution in [0.5, 0.6) is 0 Å². The van der Waals surface area contributed by atoms with E-state index >= 15 is 0 Å². The monoisotopic (exact) mass is 411 g/mol. The largest absolute Gasteiger partial charge is 0.336 e. The molecule has 0 aliphatic carbocycles. The highest BCUT2D eigenvalue weighted by atomic mass is 35.5. The van der Waals surface area contributed by atoms with E-state index in [2.05, 4.69) is 10.3 Å². The smallest absolute Gasteiger partial charge is 0.289 e. The van der Waals surface area contributed by atoms with Crippen LogP contribution in [0.15, 0.2) is 47.5 Å². The average Bonchev–Trinajstić information content (AvgIpc) is 2.99. The van der Waals surface area contributed by atoms with Gasteiger partial charge in [0, 0.05) is 19.2 Å². The van der Waals surface area contributed by atoms with Crippen LogP contribution < -0.4 is 5.32 Å². The molecule has 1 N–H and O–H groups in total. The SMILES string of the molecule is O=C(Nc1cccc(Cl)c1SC(F)F)C1CC(=O)N(Cc2ccccn2)C1. The number of anilines is 1. The zero-order valence-corrected chi connectivity index (χ0v) is 15.6. The Morgan fingerprint density at radius 1 is 1.33 bits per heavy atom. The number of rotatable bonds is 6. The Kier molecular flexibility index (Phi) is 6.28. The second kappa shape index (κ2) is 8.67. The van der Waals surface area contributed by atoms with Gasteiger partial charge >= 0.3 is 0 Å². The highest BCUT2D eigenvalue weighted by Gasteiger charge is 2.34. The Balaban J connectivity index is 1.67. The summed E-state index contributed by atoms with van der Waals surface area (Å²) >= 11 is 6.25. The Bertz CT molecular complexity index is 839. The fourth-order valence-corrected chi connectivity index (χ4v) is 3.75. The van der Waals surface area contributed by atoms with Gasteiger partial charge in [-0.05, 0) is 24.3 Å². The molecule has 0 saturated carbocycles. The van der Waals surface area contributed by atoms with Gasteiger partial charge in [-0.2, -0.15) is 8.78 Å². The minimum atomic E-state index is -2.66. The number of hydrogen-bond acceptors (Lipinski definition) is 4. The van der Waals surface area contributed by atoms with Crippen molar-refractivity contribution in [1.29, 1.82) is 0 Å². The molecule has 2 amide bonds. The van der Waals surface area contributed by atoms with Gasteiger partial charge in [0.05, 0.1) is 33.8 Å². The summed E-state index contributed by atoms with van der Waals surface area (Å²) < 4.78 is 25.5. The molecule has 1 aromatic carbocycles. The lowest BCUT2D eigenvalue weighted by Crippen LogP contribution is -2.28. The van der Waals surface area contributed by atoms with Crippen LogP contribution in [0, 0.1) is 5.92 Å². The molecule has 0 radical (unpaired) electrons. The first-order valence-corrected chi connectivity index (χ1v) is 9.41. The Labute approximate surface area is 164 Å². The molecule has 2 heterocycles. The van der Waals surface area contributed by atoms with E-state index < -0.39 is 17.6 Å². The predicted molar refractivity (Wildman–Crippen MR) is 99.7 cm³/mol. The van der Waals surface area contributed by atoms with Crippen molar-refractivity contribution in [3.8, 4) is 0 Å². The quantitative estimate of drug-likeness (QED) is 0.729. The third-order valence-electron chi connectivity index (χ3n) is 4.10. The summed E-state index contributed by atoms with van der Waals surface area (Å²) in [6, 6.07) is 9.98. The highest BCUT2D eigenvalue weighted by molar-refractivity contribution is 7.99. The minimum absolute atomic E-state index is 0.0660. The van der Waals surface area contributed by atoms with Gasteiger partial charge in [0.2, 0.25) is 11.8 Å². The molecule has 1 aromatic heterocycles. The zero-order chi connectivity index (χ0) is 19.4. The number of alkyl halides is 2. The number of benzene rings is 1. The predicted octanol–water partition coefficient (Wildman–Crippen LogP) is 4.04. The molecule has 3 rings (SSSR count). The minimum Gasteiger partial charge on any atom is -0.336 e. The van der Waals surface area contributed by atoms with Crippen LogP contribution in [0.4, 0.5) is 14.5 Å². The summed E-state index contributed by atoms with van der Waals surface area (Å²) in [6.07, 6.45) is 1.71. The first-order chi connectivity index (χ1) is 12.9. The molecule has 1 unspecified atom stereocenters. The van der Waals surface area contributed by atoms with Crippen molar-refractivity contribution in [2.45, 2.75) is 23.6 Å². The van der Waals surface area contributed by atoms with E-state index in [0.717, 1.165) is 5.69 Å². The zero-order valence-electron chi connectivity index (χ0n) is 14.1. The molecule has 1 aliphatic rings. The maximum Gasteiger partial charge on any atom is 0.289 e. The van der Waals surface area contributed by atoms with Crippen LogP contribution in [0.3, 0.4) is 0 Å². The van der Waals surface area contributed by atoms with Crippen LogP contribution in [0.1, 0.15) is 12.1 Å². The van der Waals surface area contributed by atoms with Gasteiger partial charge < -0.3 is 10.2 Å². The lowest BCUT2D eigenvalue weighted by Gasteiger charge is -2.17. The Hall–Kier alpha value is -2.19. The van der Waals surface area contributed by atoms with E-state index in [4.69, 9.17) is 11.6 Å². The summed E-state index contributed by atoms with van der Waals surface area (Å²) in [5.74, 6) is -3.77. The summed E-state index contributed by atoms with van der Waals surface area (Å²) in [7, 11) is 0. The standard InChI is InChI=1S/C18H16ClF2N3O2S/c19-13-5-3-6-14(16(13)27-18(20)21)23-17(26)11-8-15(25)24(9-11)10-12-4-1-2-7-22-12/h1-7,11,18H,8-10H2,(H,23,26). The van der Waals surface area contributed by atoms with Crippen molar-refractivity contribution in [2.24, 2.45) is 5.92 Å². The van der Waals surface area contributed by atoms with E-state index in [-0.39, 0.29) is 46.2 Å². The van der Waals surface area contributed by atoms with Crippen LogP contribution in [-0.2, 0) is 16.1 Å². The number of pyridine rings is 1. The fraction of sp³-hybridized carbons (Fsp3) is 0.278. The number of nitrogens with zero attached hydrogens (tertiary/aromatic N) is 2. The Morgan fingerprint density at radius 2 is 2.15 bits per heavy atom. The number of amides is 2. The number of halogens is 3. The topological polar surface area (TPSA) is 62.3 Å². The molecule has 142 valence electrons.